The third-order valence-electron chi connectivity index (χ3n) is 0. The van der Waals surface area contributed by atoms with Crippen molar-refractivity contribution in [2.24, 2.45) is 0 Å². The standard InChI is InChI=1S/CH2ClO.Li/c2-1-3;/h1H2;/q-1;+1. The summed E-state index contributed by atoms with van der Waals surface area (Å²) in [6.07, 6.45) is 0. The van der Waals surface area contributed by atoms with E-state index in [0.717, 1.165) is 0 Å². The summed E-state index contributed by atoms with van der Waals surface area (Å²) in [4.78, 5) is 0. The second-order valence-corrected chi connectivity index (χ2v) is 0.327. The van der Waals surface area contributed by atoms with Gasteiger partial charge in [0.15, 0.2) is 0 Å². The molecule has 0 aliphatic carbocycles. The summed E-state index contributed by atoms with van der Waals surface area (Å²) in [5.41, 5.74) is 0. The Balaban J connectivity index is 0. The minimum Gasteiger partial charge on any atom is -0.843 e. The van der Waals surface area contributed by atoms with Crippen LogP contribution in [0, 0.1) is 0 Å². The van der Waals surface area contributed by atoms with Crippen LogP contribution in [0.15, 0.2) is 0 Å². The van der Waals surface area contributed by atoms with E-state index in [0.29, 0.717) is 0 Å². The Morgan fingerprint density at radius 3 is 1.75 bits per heavy atom. The Kier molecular flexibility index (Phi) is 20.2. The molecule has 0 aromatic carbocycles. The van der Waals surface area contributed by atoms with E-state index in [2.05, 4.69) is 11.6 Å². The second kappa shape index (κ2) is 9.14. The van der Waals surface area contributed by atoms with Gasteiger partial charge in [0.25, 0.3) is 0 Å². The van der Waals surface area contributed by atoms with Gasteiger partial charge in [-0.1, -0.05) is 6.07 Å². The van der Waals surface area contributed by atoms with Gasteiger partial charge in [0.05, 0.1) is 0 Å². The maximum absolute atomic E-state index is 8.70. The minimum absolute atomic E-state index is 0. The quantitative estimate of drug-likeness (QED) is 0.216. The Morgan fingerprint density at radius 1 is 1.75 bits per heavy atom. The molecule has 0 aromatic heterocycles. The number of halogens is 1. The molecule has 0 unspecified atom stereocenters. The van der Waals surface area contributed by atoms with Crippen LogP contribution >= 0.6 is 11.6 Å². The van der Waals surface area contributed by atoms with Crippen molar-refractivity contribution >= 4 is 11.6 Å². The first-order valence-corrected chi connectivity index (χ1v) is 1.09. The maximum Gasteiger partial charge on any atom is 1.00 e. The molecule has 0 saturated heterocycles. The summed E-state index contributed by atoms with van der Waals surface area (Å²) in [5, 5.41) is 8.70. The van der Waals surface area contributed by atoms with Crippen LogP contribution in [0.1, 0.15) is 0 Å². The fourth-order valence-corrected chi connectivity index (χ4v) is 0. The predicted octanol–water partition coefficient (Wildman–Crippen LogP) is -3.45. The molecular formula is CH2ClLiO. The van der Waals surface area contributed by atoms with E-state index in [1.807, 2.05) is 0 Å². The van der Waals surface area contributed by atoms with Crippen molar-refractivity contribution in [3.8, 4) is 0 Å². The van der Waals surface area contributed by atoms with Crippen LogP contribution in [0.3, 0.4) is 0 Å². The fourth-order valence-electron chi connectivity index (χ4n) is 0. The third-order valence-corrected chi connectivity index (χ3v) is 0. The van der Waals surface area contributed by atoms with E-state index in [9.17, 15) is 0 Å². The largest absolute Gasteiger partial charge is 1.00 e. The third kappa shape index (κ3) is 13.5. The second-order valence-electron chi connectivity index (χ2n) is 0.109. The summed E-state index contributed by atoms with van der Waals surface area (Å²) in [5.74, 6) is 0. The van der Waals surface area contributed by atoms with Crippen LogP contribution in [0.4, 0.5) is 0 Å². The van der Waals surface area contributed by atoms with E-state index in [-0.39, 0.29) is 18.9 Å². The zero-order chi connectivity index (χ0) is 2.71. The Hall–Kier alpha value is 0.847. The average molecular weight is 72.4 g/mol. The van der Waals surface area contributed by atoms with E-state index < -0.39 is 6.07 Å². The van der Waals surface area contributed by atoms with Gasteiger partial charge in [-0.15, -0.1) is 11.6 Å². The van der Waals surface area contributed by atoms with Crippen molar-refractivity contribution in [3.05, 3.63) is 0 Å². The van der Waals surface area contributed by atoms with Gasteiger partial charge < -0.3 is 5.11 Å². The molecule has 3 heteroatoms. The van der Waals surface area contributed by atoms with Crippen LogP contribution in [0.5, 0.6) is 0 Å². The maximum atomic E-state index is 8.70. The van der Waals surface area contributed by atoms with Crippen LogP contribution in [0.25, 0.3) is 0 Å². The van der Waals surface area contributed by atoms with Gasteiger partial charge in [0.2, 0.25) is 0 Å². The zero-order valence-corrected chi connectivity index (χ0v) is 3.25. The molecule has 4 heavy (non-hydrogen) atoms. The van der Waals surface area contributed by atoms with Crippen molar-refractivity contribution in [1.29, 1.82) is 0 Å². The van der Waals surface area contributed by atoms with Crippen LogP contribution in [0.2, 0.25) is 0 Å². The Labute approximate surface area is 42.1 Å². The van der Waals surface area contributed by atoms with E-state index in [1.165, 1.54) is 0 Å². The van der Waals surface area contributed by atoms with Crippen LogP contribution in [-0.4, -0.2) is 6.07 Å². The topological polar surface area (TPSA) is 23.1 Å². The molecule has 0 bridgehead atoms. The molecule has 0 fully saturated rings. The van der Waals surface area contributed by atoms with Crippen molar-refractivity contribution < 1.29 is 24.0 Å². The van der Waals surface area contributed by atoms with E-state index in [1.54, 1.807) is 0 Å². The molecule has 0 aliphatic rings. The molecule has 20 valence electrons. The smallest absolute Gasteiger partial charge is 0.843 e. The molecule has 0 saturated carbocycles. The molecule has 0 aliphatic heterocycles. The first kappa shape index (κ1) is 8.85. The SMILES string of the molecule is [Li+].[O-]CCl. The monoisotopic (exact) mass is 72.0 g/mol. The van der Waals surface area contributed by atoms with Gasteiger partial charge in [0, 0.05) is 0 Å². The molecule has 0 heterocycles. The number of rotatable bonds is 0. The Morgan fingerprint density at radius 2 is 1.75 bits per heavy atom. The molecule has 0 N–H and O–H groups in total. The normalized spacial score (nSPS) is 4.50. The fraction of sp³-hybridized carbons (Fsp3) is 1.00. The summed E-state index contributed by atoms with van der Waals surface area (Å²) in [7, 11) is 0. The van der Waals surface area contributed by atoms with Crippen LogP contribution < -0.4 is 24.0 Å². The van der Waals surface area contributed by atoms with Crippen LogP contribution in [-0.2, 0) is 0 Å². The summed E-state index contributed by atoms with van der Waals surface area (Å²) < 4.78 is 0. The van der Waals surface area contributed by atoms with Crippen molar-refractivity contribution in [2.45, 2.75) is 0 Å². The van der Waals surface area contributed by atoms with Gasteiger partial charge in [-0.25, -0.2) is 0 Å². The van der Waals surface area contributed by atoms with Gasteiger partial charge in [-0.05, 0) is 0 Å². The zero-order valence-electron chi connectivity index (χ0n) is 2.49. The van der Waals surface area contributed by atoms with Crippen molar-refractivity contribution in [2.75, 3.05) is 6.07 Å². The van der Waals surface area contributed by atoms with Gasteiger partial charge in [0.1, 0.15) is 0 Å². The summed E-state index contributed by atoms with van der Waals surface area (Å²) in [6, 6.07) is -0.528. The minimum atomic E-state index is -0.528. The molecule has 0 radical (unpaired) electrons. The van der Waals surface area contributed by atoms with Gasteiger partial charge >= 0.3 is 18.9 Å². The molecule has 0 atom stereocenters. The first-order chi connectivity index (χ1) is 1.41. The predicted molar refractivity (Wildman–Crippen MR) is 10.7 cm³/mol. The van der Waals surface area contributed by atoms with Gasteiger partial charge in [-0.2, -0.15) is 0 Å². The molecule has 0 spiro atoms. The van der Waals surface area contributed by atoms with Crippen molar-refractivity contribution in [1.82, 2.24) is 0 Å². The molecule has 1 nitrogen and oxygen atoms in total. The number of hydrogen-bond donors (Lipinski definition) is 0. The molecule has 0 amide bonds. The number of hydrogen-bond acceptors (Lipinski definition) is 1. The number of alkyl halides is 1. The van der Waals surface area contributed by atoms with E-state index in [4.69, 9.17) is 5.11 Å². The molecule has 0 rings (SSSR count). The summed E-state index contributed by atoms with van der Waals surface area (Å²) >= 11 is 4.44. The van der Waals surface area contributed by atoms with E-state index >= 15 is 0 Å². The van der Waals surface area contributed by atoms with Crippen molar-refractivity contribution in [3.63, 3.8) is 0 Å². The molecular weight excluding hydrogens is 70.4 g/mol. The molecule has 0 aromatic rings. The average Bonchev–Trinajstić information content (AvgIpc) is 0.918. The Bertz CT molecular complexity index is 8.00. The summed E-state index contributed by atoms with van der Waals surface area (Å²) in [6.45, 7) is 0. The van der Waals surface area contributed by atoms with Gasteiger partial charge in [-0.3, -0.25) is 0 Å². The first-order valence-electron chi connectivity index (χ1n) is 0.556.